The fraction of sp³-hybridized carbons (Fsp3) is 0.421. The van der Waals surface area contributed by atoms with Crippen molar-refractivity contribution in [2.75, 3.05) is 18.1 Å². The molecule has 1 amide bonds. The number of rotatable bonds is 6. The predicted molar refractivity (Wildman–Crippen MR) is 116 cm³/mol. The average molecular weight is 487 g/mol. The van der Waals surface area contributed by atoms with Gasteiger partial charge in [0.25, 0.3) is 5.91 Å². The predicted octanol–water partition coefficient (Wildman–Crippen LogP) is 2.74. The molecule has 1 aromatic heterocycles. The Balaban J connectivity index is 1.80. The first kappa shape index (κ1) is 23.6. The zero-order valence-electron chi connectivity index (χ0n) is 17.1. The summed E-state index contributed by atoms with van der Waals surface area (Å²) in [6, 6.07) is 5.76. The maximum Gasteiger partial charge on any atom is 0.275 e. The lowest BCUT2D eigenvalue weighted by atomic mass is 10.0. The van der Waals surface area contributed by atoms with E-state index < -0.39 is 30.9 Å². The Morgan fingerprint density at radius 3 is 2.48 bits per heavy atom. The van der Waals surface area contributed by atoms with Crippen molar-refractivity contribution in [3.05, 3.63) is 41.2 Å². The van der Waals surface area contributed by atoms with Crippen LogP contribution in [0, 0.1) is 0 Å². The summed E-state index contributed by atoms with van der Waals surface area (Å²) in [6.07, 6.45) is 5.41. The van der Waals surface area contributed by atoms with Gasteiger partial charge in [-0.15, -0.1) is 0 Å². The molecule has 1 aliphatic heterocycles. The highest BCUT2D eigenvalue weighted by Gasteiger charge is 2.32. The van der Waals surface area contributed by atoms with Crippen molar-refractivity contribution in [3.8, 4) is 0 Å². The Bertz CT molecular complexity index is 1180. The van der Waals surface area contributed by atoms with Gasteiger partial charge in [0.1, 0.15) is 0 Å². The number of piperidine rings is 1. The first-order chi connectivity index (χ1) is 14.5. The Hall–Kier alpha value is -2.08. The normalized spacial score (nSPS) is 18.0. The molecular weight excluding hydrogens is 464 g/mol. The molecule has 1 N–H and O–H groups in total. The van der Waals surface area contributed by atoms with Crippen LogP contribution in [-0.4, -0.2) is 55.9 Å². The molecule has 31 heavy (non-hydrogen) atoms. The fourth-order valence-electron chi connectivity index (χ4n) is 3.42. The van der Waals surface area contributed by atoms with Crippen LogP contribution in [0.15, 0.2) is 40.5 Å². The van der Waals surface area contributed by atoms with E-state index in [0.717, 1.165) is 38.1 Å². The van der Waals surface area contributed by atoms with Gasteiger partial charge in [-0.2, -0.15) is 4.31 Å². The number of carbonyl (C=O) groups excluding carboxylic acids is 1. The second-order valence-corrected chi connectivity index (χ2v) is 11.5. The van der Waals surface area contributed by atoms with Crippen molar-refractivity contribution in [1.29, 1.82) is 0 Å². The van der Waals surface area contributed by atoms with Gasteiger partial charge in [0.2, 0.25) is 25.0 Å². The summed E-state index contributed by atoms with van der Waals surface area (Å²) in [6.45, 7) is 2.47. The SMILES string of the molecule is CC[C@H]1CCCCN1S(=O)(=O)c1ccc(NC(=O)c2nc(S(C)(=O)=O)ncc2Cl)cc1. The molecule has 0 radical (unpaired) electrons. The van der Waals surface area contributed by atoms with Crippen LogP contribution in [0.1, 0.15) is 43.1 Å². The van der Waals surface area contributed by atoms with Gasteiger partial charge in [0.05, 0.1) is 16.1 Å². The summed E-state index contributed by atoms with van der Waals surface area (Å²) in [4.78, 5) is 20.0. The monoisotopic (exact) mass is 486 g/mol. The molecule has 1 aromatic carbocycles. The number of sulfone groups is 1. The molecule has 2 aromatic rings. The van der Waals surface area contributed by atoms with Gasteiger partial charge in [-0.1, -0.05) is 24.9 Å². The molecule has 3 rings (SSSR count). The van der Waals surface area contributed by atoms with Crippen molar-refractivity contribution in [2.24, 2.45) is 0 Å². The third kappa shape index (κ3) is 5.22. The molecule has 9 nitrogen and oxygen atoms in total. The third-order valence-electron chi connectivity index (χ3n) is 5.03. The molecule has 0 spiro atoms. The van der Waals surface area contributed by atoms with E-state index >= 15 is 0 Å². The summed E-state index contributed by atoms with van der Waals surface area (Å²) in [5, 5.41) is 1.91. The van der Waals surface area contributed by atoms with Gasteiger partial charge in [-0.05, 0) is 43.5 Å². The molecule has 0 unspecified atom stereocenters. The zero-order valence-corrected chi connectivity index (χ0v) is 19.5. The lowest BCUT2D eigenvalue weighted by molar-refractivity contribution is 0.102. The van der Waals surface area contributed by atoms with E-state index in [1.54, 1.807) is 4.31 Å². The Kier molecular flexibility index (Phi) is 6.99. The molecular formula is C19H23ClN4O5S2. The lowest BCUT2D eigenvalue weighted by Gasteiger charge is -2.34. The Labute approximate surface area is 186 Å². The minimum Gasteiger partial charge on any atom is -0.321 e. The van der Waals surface area contributed by atoms with E-state index in [1.165, 1.54) is 24.3 Å². The smallest absolute Gasteiger partial charge is 0.275 e. The number of carbonyl (C=O) groups is 1. The quantitative estimate of drug-likeness (QED) is 0.622. The van der Waals surface area contributed by atoms with Crippen molar-refractivity contribution >= 4 is 43.1 Å². The van der Waals surface area contributed by atoms with Gasteiger partial charge in [0.15, 0.2) is 5.69 Å². The number of nitrogens with zero attached hydrogens (tertiary/aromatic N) is 3. The van der Waals surface area contributed by atoms with E-state index in [2.05, 4.69) is 15.3 Å². The molecule has 1 aliphatic rings. The maximum atomic E-state index is 13.0. The number of benzene rings is 1. The number of hydrogen-bond acceptors (Lipinski definition) is 7. The zero-order chi connectivity index (χ0) is 22.8. The highest BCUT2D eigenvalue weighted by molar-refractivity contribution is 7.90. The van der Waals surface area contributed by atoms with Gasteiger partial charge < -0.3 is 5.32 Å². The number of nitrogens with one attached hydrogen (secondary N) is 1. The molecule has 2 heterocycles. The van der Waals surface area contributed by atoms with Gasteiger partial charge in [0, 0.05) is 24.5 Å². The van der Waals surface area contributed by atoms with Crippen LogP contribution in [0.3, 0.4) is 0 Å². The highest BCUT2D eigenvalue weighted by atomic mass is 35.5. The summed E-state index contributed by atoms with van der Waals surface area (Å²) in [5.41, 5.74) is 0.0121. The molecule has 12 heteroatoms. The summed E-state index contributed by atoms with van der Waals surface area (Å²) in [7, 11) is -7.36. The van der Waals surface area contributed by atoms with E-state index in [0.29, 0.717) is 12.2 Å². The summed E-state index contributed by atoms with van der Waals surface area (Å²) >= 11 is 5.94. The minimum atomic E-state index is -3.72. The van der Waals surface area contributed by atoms with Crippen molar-refractivity contribution in [2.45, 2.75) is 48.7 Å². The second-order valence-electron chi connectivity index (χ2n) is 7.27. The van der Waals surface area contributed by atoms with Crippen LogP contribution in [-0.2, 0) is 19.9 Å². The third-order valence-corrected chi connectivity index (χ3v) is 8.13. The first-order valence-electron chi connectivity index (χ1n) is 9.70. The number of amides is 1. The molecule has 0 bridgehead atoms. The number of aromatic nitrogens is 2. The van der Waals surface area contributed by atoms with E-state index in [-0.39, 0.29) is 21.7 Å². The molecule has 1 fully saturated rings. The summed E-state index contributed by atoms with van der Waals surface area (Å²) < 4.78 is 50.9. The number of halogens is 1. The highest BCUT2D eigenvalue weighted by Crippen LogP contribution is 2.27. The summed E-state index contributed by atoms with van der Waals surface area (Å²) in [5.74, 6) is -0.741. The van der Waals surface area contributed by atoms with Crippen LogP contribution >= 0.6 is 11.6 Å². The van der Waals surface area contributed by atoms with Crippen molar-refractivity contribution < 1.29 is 21.6 Å². The Morgan fingerprint density at radius 2 is 1.87 bits per heavy atom. The standard InChI is InChI=1S/C19H23ClN4O5S2/c1-3-14-6-4-5-11-24(14)31(28,29)15-9-7-13(8-10-15)22-18(25)17-16(20)12-21-19(23-17)30(2,26)27/h7-10,12,14H,3-6,11H2,1-2H3,(H,22,25)/t14-/m0/s1. The molecule has 168 valence electrons. The van der Waals surface area contributed by atoms with Crippen LogP contribution in [0.5, 0.6) is 0 Å². The van der Waals surface area contributed by atoms with Crippen LogP contribution in [0.4, 0.5) is 5.69 Å². The lowest BCUT2D eigenvalue weighted by Crippen LogP contribution is -2.43. The molecule has 0 saturated carbocycles. The number of sulfonamides is 1. The number of anilines is 1. The minimum absolute atomic E-state index is 0.0120. The fourth-order valence-corrected chi connectivity index (χ4v) is 5.87. The van der Waals surface area contributed by atoms with Crippen molar-refractivity contribution in [3.63, 3.8) is 0 Å². The van der Waals surface area contributed by atoms with E-state index in [9.17, 15) is 21.6 Å². The van der Waals surface area contributed by atoms with Gasteiger partial charge in [-0.25, -0.2) is 26.8 Å². The second kappa shape index (κ2) is 9.19. The largest absolute Gasteiger partial charge is 0.321 e. The first-order valence-corrected chi connectivity index (χ1v) is 13.4. The average Bonchev–Trinajstić information content (AvgIpc) is 2.73. The van der Waals surface area contributed by atoms with Crippen LogP contribution in [0.25, 0.3) is 0 Å². The van der Waals surface area contributed by atoms with Gasteiger partial charge >= 0.3 is 0 Å². The van der Waals surface area contributed by atoms with Crippen LogP contribution in [0.2, 0.25) is 5.02 Å². The maximum absolute atomic E-state index is 13.0. The molecule has 0 aliphatic carbocycles. The number of hydrogen-bond donors (Lipinski definition) is 1. The Morgan fingerprint density at radius 1 is 1.19 bits per heavy atom. The van der Waals surface area contributed by atoms with Crippen LogP contribution < -0.4 is 5.32 Å². The van der Waals surface area contributed by atoms with E-state index in [1.807, 2.05) is 6.92 Å². The molecule has 1 saturated heterocycles. The van der Waals surface area contributed by atoms with Gasteiger partial charge in [-0.3, -0.25) is 4.79 Å². The molecule has 1 atom stereocenters. The van der Waals surface area contributed by atoms with Crippen molar-refractivity contribution in [1.82, 2.24) is 14.3 Å². The topological polar surface area (TPSA) is 126 Å². The van der Waals surface area contributed by atoms with E-state index in [4.69, 9.17) is 11.6 Å².